The number of nitrogens with zero attached hydrogens (tertiary/aromatic N) is 2. The van der Waals surface area contributed by atoms with Crippen molar-refractivity contribution in [1.82, 2.24) is 15.1 Å². The van der Waals surface area contributed by atoms with Crippen LogP contribution in [0.4, 0.5) is 9.18 Å². The minimum absolute atomic E-state index is 0.172. The van der Waals surface area contributed by atoms with Gasteiger partial charge in [-0.25, -0.2) is 9.18 Å². The van der Waals surface area contributed by atoms with Crippen molar-refractivity contribution in [3.05, 3.63) is 65.4 Å². The summed E-state index contributed by atoms with van der Waals surface area (Å²) in [5.74, 6) is -1.97. The SMILES string of the molecule is [2H]c1c([2H])c(OC([2H])([2H])C(C)C)c([2H])c([2H])c1CNC(=O)N(C1CC([2H])([2H])N(C)C([2H])([2H])C1)C([2H])([2H])c1ccc(F)cc1. The number of amides is 2. The molecule has 0 atom stereocenters. The topological polar surface area (TPSA) is 44.8 Å². The van der Waals surface area contributed by atoms with Crippen LogP contribution >= 0.6 is 0 Å². The molecule has 1 heterocycles. The van der Waals surface area contributed by atoms with Crippen molar-refractivity contribution in [1.29, 1.82) is 0 Å². The zero-order chi connectivity index (χ0) is 32.9. The number of rotatable bonds is 8. The summed E-state index contributed by atoms with van der Waals surface area (Å²) in [7, 11) is 1.23. The van der Waals surface area contributed by atoms with Crippen LogP contribution in [0.25, 0.3) is 0 Å². The average molecular weight is 440 g/mol. The van der Waals surface area contributed by atoms with Crippen molar-refractivity contribution >= 4 is 6.03 Å². The molecule has 1 saturated heterocycles. The molecular weight excluding hydrogens is 393 g/mol. The lowest BCUT2D eigenvalue weighted by molar-refractivity contribution is 0.127. The van der Waals surface area contributed by atoms with Crippen LogP contribution in [-0.4, -0.2) is 48.5 Å². The predicted molar refractivity (Wildman–Crippen MR) is 121 cm³/mol. The fraction of sp³-hybridized carbons (Fsp3) is 0.480. The van der Waals surface area contributed by atoms with E-state index in [1.54, 1.807) is 0 Å². The van der Waals surface area contributed by atoms with Gasteiger partial charge in [-0.3, -0.25) is 0 Å². The Hall–Kier alpha value is -2.60. The van der Waals surface area contributed by atoms with Gasteiger partial charge in [0, 0.05) is 24.6 Å². The van der Waals surface area contributed by atoms with Crippen molar-refractivity contribution in [2.75, 3.05) is 26.6 Å². The molecule has 1 fully saturated rings. The summed E-state index contributed by atoms with van der Waals surface area (Å²) in [6, 6.07) is -0.987. The highest BCUT2D eigenvalue weighted by Gasteiger charge is 2.27. The van der Waals surface area contributed by atoms with E-state index in [2.05, 4.69) is 5.32 Å². The van der Waals surface area contributed by atoms with E-state index in [0.717, 1.165) is 29.2 Å². The molecule has 31 heavy (non-hydrogen) atoms. The molecule has 2 aromatic carbocycles. The fourth-order valence-corrected chi connectivity index (χ4v) is 2.66. The Balaban J connectivity index is 2.02. The summed E-state index contributed by atoms with van der Waals surface area (Å²) in [6.07, 6.45) is -0.968. The number of benzene rings is 2. The van der Waals surface area contributed by atoms with Gasteiger partial charge in [-0.05, 0) is 74.1 Å². The van der Waals surface area contributed by atoms with Crippen LogP contribution in [-0.2, 0) is 13.0 Å². The second-order valence-corrected chi connectivity index (χ2v) is 7.27. The molecule has 0 bridgehead atoms. The van der Waals surface area contributed by atoms with Gasteiger partial charge in [0.05, 0.1) is 17.5 Å². The lowest BCUT2D eigenvalue weighted by Gasteiger charge is -2.37. The highest BCUT2D eigenvalue weighted by molar-refractivity contribution is 5.74. The van der Waals surface area contributed by atoms with Gasteiger partial charge >= 0.3 is 6.03 Å². The molecule has 0 radical (unpaired) electrons. The molecule has 0 aliphatic carbocycles. The average Bonchev–Trinajstić information content (AvgIpc) is 2.88. The van der Waals surface area contributed by atoms with Gasteiger partial charge in [0.25, 0.3) is 0 Å². The number of likely N-dealkylation sites (tertiary alicyclic amines) is 1. The molecule has 0 spiro atoms. The molecule has 0 unspecified atom stereocenters. The first kappa shape index (κ1) is 11.9. The largest absolute Gasteiger partial charge is 0.493 e. The second-order valence-electron chi connectivity index (χ2n) is 7.27. The smallest absolute Gasteiger partial charge is 0.318 e. The Bertz CT molecular complexity index is 1310. The van der Waals surface area contributed by atoms with Crippen LogP contribution in [0, 0.1) is 11.7 Å². The normalized spacial score (nSPS) is 24.9. The Labute approximate surface area is 202 Å². The van der Waals surface area contributed by atoms with E-state index in [1.165, 1.54) is 20.9 Å². The third kappa shape index (κ3) is 7.24. The molecule has 1 aliphatic heterocycles. The van der Waals surface area contributed by atoms with Crippen LogP contribution in [0.2, 0.25) is 0 Å². The number of carbonyl (C=O) groups is 1. The van der Waals surface area contributed by atoms with E-state index in [1.807, 2.05) is 0 Å². The van der Waals surface area contributed by atoms with Crippen molar-refractivity contribution in [2.45, 2.75) is 45.8 Å². The number of hydrogen-bond donors (Lipinski definition) is 1. The first-order valence-electron chi connectivity index (χ1n) is 15.9. The van der Waals surface area contributed by atoms with Gasteiger partial charge in [-0.1, -0.05) is 38.1 Å². The van der Waals surface area contributed by atoms with E-state index in [9.17, 15) is 9.18 Å². The number of ether oxygens (including phenoxy) is 1. The van der Waals surface area contributed by atoms with E-state index < -0.39 is 99.2 Å². The van der Waals surface area contributed by atoms with E-state index >= 15 is 0 Å². The number of piperidine rings is 1. The molecule has 2 aromatic rings. The van der Waals surface area contributed by atoms with E-state index in [0.29, 0.717) is 4.90 Å². The molecule has 168 valence electrons. The molecule has 1 N–H and O–H groups in total. The summed E-state index contributed by atoms with van der Waals surface area (Å²) in [5, 5.41) is 2.36. The summed E-state index contributed by atoms with van der Waals surface area (Å²) < 4.78 is 119. The zero-order valence-electron chi connectivity index (χ0n) is 29.7. The maximum absolute atomic E-state index is 13.7. The maximum atomic E-state index is 13.7. The summed E-state index contributed by atoms with van der Waals surface area (Å²) >= 11 is 0. The highest BCUT2D eigenvalue weighted by Crippen LogP contribution is 2.19. The van der Waals surface area contributed by atoms with Crippen molar-refractivity contribution in [3.8, 4) is 5.75 Å². The van der Waals surface area contributed by atoms with Gasteiger partial charge in [0.2, 0.25) is 0 Å². The van der Waals surface area contributed by atoms with E-state index in [4.69, 9.17) is 21.2 Å². The monoisotopic (exact) mass is 439 g/mol. The van der Waals surface area contributed by atoms with Gasteiger partial charge in [-0.15, -0.1) is 0 Å². The van der Waals surface area contributed by atoms with Crippen molar-refractivity contribution in [2.24, 2.45) is 5.92 Å². The Morgan fingerprint density at radius 1 is 1.26 bits per heavy atom. The van der Waals surface area contributed by atoms with Crippen molar-refractivity contribution in [3.63, 3.8) is 0 Å². The number of carbonyl (C=O) groups excluding carboxylic acids is 1. The van der Waals surface area contributed by atoms with Crippen LogP contribution in [0.5, 0.6) is 5.75 Å². The fourth-order valence-electron chi connectivity index (χ4n) is 2.66. The molecule has 5 nitrogen and oxygen atoms in total. The minimum Gasteiger partial charge on any atom is -0.493 e. The summed E-state index contributed by atoms with van der Waals surface area (Å²) in [6.45, 7) is -7.22. The predicted octanol–water partition coefficient (Wildman–Crippen LogP) is 4.67. The minimum atomic E-state index is -2.71. The third-order valence-electron chi connectivity index (χ3n) is 4.27. The molecule has 0 saturated carbocycles. The summed E-state index contributed by atoms with van der Waals surface area (Å²) in [5.41, 5.74) is -0.480. The van der Waals surface area contributed by atoms with Gasteiger partial charge < -0.3 is 19.9 Å². The van der Waals surface area contributed by atoms with E-state index in [-0.39, 0.29) is 11.1 Å². The highest BCUT2D eigenvalue weighted by atomic mass is 19.1. The third-order valence-corrected chi connectivity index (χ3v) is 4.27. The van der Waals surface area contributed by atoms with Crippen LogP contribution in [0.3, 0.4) is 0 Å². The number of halogens is 1. The zero-order valence-corrected chi connectivity index (χ0v) is 17.7. The second kappa shape index (κ2) is 11.1. The number of nitrogens with one attached hydrogen (secondary N) is 1. The van der Waals surface area contributed by atoms with Crippen LogP contribution in [0.15, 0.2) is 48.4 Å². The quantitative estimate of drug-likeness (QED) is 0.650. The number of urea groups is 1. The molecule has 3 rings (SSSR count). The lowest BCUT2D eigenvalue weighted by atomic mass is 10.0. The first-order chi connectivity index (χ1) is 19.5. The molecular formula is C25H34FN3O2. The van der Waals surface area contributed by atoms with Gasteiger partial charge in [0.1, 0.15) is 11.6 Å². The number of hydrogen-bond acceptors (Lipinski definition) is 3. The van der Waals surface area contributed by atoms with Gasteiger partial charge in [0.15, 0.2) is 0 Å². The Morgan fingerprint density at radius 3 is 2.52 bits per heavy atom. The Kier molecular flexibility index (Phi) is 4.26. The standard InChI is InChI=1S/C25H34FN3O2/c1-19(2)18-31-24-10-6-20(7-11-24)16-27-25(30)29(23-12-14-28(3)15-13-23)17-21-4-8-22(26)9-5-21/h4-11,19,23H,12-18H2,1-3H3,(H,27,30)/i6D,7D,10D,11D,14D2,15D2,17D2,18D2. The Morgan fingerprint density at radius 2 is 1.90 bits per heavy atom. The maximum Gasteiger partial charge on any atom is 0.318 e. The van der Waals surface area contributed by atoms with Crippen LogP contribution < -0.4 is 10.1 Å². The molecule has 1 aliphatic rings. The summed E-state index contributed by atoms with van der Waals surface area (Å²) in [4.78, 5) is 15.2. The van der Waals surface area contributed by atoms with Crippen LogP contribution in [0.1, 0.15) is 54.3 Å². The first-order valence-corrected chi connectivity index (χ1v) is 9.90. The van der Waals surface area contributed by atoms with Crippen molar-refractivity contribution < 1.29 is 30.4 Å². The lowest BCUT2D eigenvalue weighted by Crippen LogP contribution is -2.49. The molecule has 6 heteroatoms. The molecule has 0 aromatic heterocycles. The molecule has 2 amide bonds. The van der Waals surface area contributed by atoms with Gasteiger partial charge in [-0.2, -0.15) is 0 Å².